The predicted molar refractivity (Wildman–Crippen MR) is 128 cm³/mol. The van der Waals surface area contributed by atoms with Crippen LogP contribution in [-0.2, 0) is 9.53 Å². The molecule has 0 bridgehead atoms. The van der Waals surface area contributed by atoms with E-state index in [0.29, 0.717) is 12.4 Å². The third kappa shape index (κ3) is 4.81. The number of benzene rings is 4. The molecule has 0 saturated carbocycles. The zero-order valence-electron chi connectivity index (χ0n) is 18.1. The van der Waals surface area contributed by atoms with E-state index in [1.54, 1.807) is 20.1 Å². The lowest BCUT2D eigenvalue weighted by Crippen LogP contribution is -1.98. The van der Waals surface area contributed by atoms with Crippen molar-refractivity contribution in [2.24, 2.45) is 0 Å². The summed E-state index contributed by atoms with van der Waals surface area (Å²) in [6.45, 7) is 2.14. The molecular formula is C28H24O4. The van der Waals surface area contributed by atoms with Gasteiger partial charge in [0.1, 0.15) is 17.2 Å². The van der Waals surface area contributed by atoms with Crippen molar-refractivity contribution in [3.63, 3.8) is 0 Å². The molecule has 0 fully saturated rings. The van der Waals surface area contributed by atoms with Gasteiger partial charge in [-0.3, -0.25) is 0 Å². The lowest BCUT2D eigenvalue weighted by molar-refractivity contribution is -0.137. The average molecular weight is 424 g/mol. The number of fused-ring (bicyclic) bond motifs is 1. The van der Waals surface area contributed by atoms with Crippen molar-refractivity contribution < 1.29 is 19.0 Å². The third-order valence-electron chi connectivity index (χ3n) is 5.06. The van der Waals surface area contributed by atoms with Gasteiger partial charge in [0.15, 0.2) is 0 Å². The van der Waals surface area contributed by atoms with Gasteiger partial charge in [-0.05, 0) is 59.8 Å². The van der Waals surface area contributed by atoms with E-state index in [9.17, 15) is 4.79 Å². The standard InChI is InChI=1S/C28H24O4/c1-3-31-27(29)18-13-20-11-15-23(16-12-20)32-28-25-10-5-4-7-21(25)14-17-26(28)22-8-6-9-24(19-22)30-2/h4-19H,3H2,1-2H3. The van der Waals surface area contributed by atoms with E-state index >= 15 is 0 Å². The highest BCUT2D eigenvalue weighted by Crippen LogP contribution is 2.40. The Hall–Kier alpha value is -4.05. The van der Waals surface area contributed by atoms with Crippen molar-refractivity contribution in [3.8, 4) is 28.4 Å². The molecule has 0 heterocycles. The predicted octanol–water partition coefficient (Wildman–Crippen LogP) is 6.88. The van der Waals surface area contributed by atoms with Gasteiger partial charge < -0.3 is 14.2 Å². The number of hydrogen-bond acceptors (Lipinski definition) is 4. The second-order valence-electron chi connectivity index (χ2n) is 7.15. The van der Waals surface area contributed by atoms with Crippen LogP contribution in [0.4, 0.5) is 0 Å². The van der Waals surface area contributed by atoms with Gasteiger partial charge in [-0.2, -0.15) is 0 Å². The zero-order valence-corrected chi connectivity index (χ0v) is 18.1. The molecule has 4 nitrogen and oxygen atoms in total. The fourth-order valence-corrected chi connectivity index (χ4v) is 3.49. The first-order valence-corrected chi connectivity index (χ1v) is 10.5. The maximum Gasteiger partial charge on any atom is 0.330 e. The highest BCUT2D eigenvalue weighted by atomic mass is 16.5. The Morgan fingerprint density at radius 1 is 0.875 bits per heavy atom. The van der Waals surface area contributed by atoms with Crippen LogP contribution in [0.1, 0.15) is 12.5 Å². The van der Waals surface area contributed by atoms with Gasteiger partial charge in [0.25, 0.3) is 0 Å². The van der Waals surface area contributed by atoms with Crippen LogP contribution in [-0.4, -0.2) is 19.7 Å². The van der Waals surface area contributed by atoms with Gasteiger partial charge in [-0.15, -0.1) is 0 Å². The van der Waals surface area contributed by atoms with Crippen molar-refractivity contribution in [2.45, 2.75) is 6.92 Å². The van der Waals surface area contributed by atoms with E-state index in [1.165, 1.54) is 6.08 Å². The normalized spacial score (nSPS) is 10.9. The Morgan fingerprint density at radius 3 is 2.47 bits per heavy atom. The van der Waals surface area contributed by atoms with Crippen LogP contribution in [0, 0.1) is 0 Å². The molecule has 4 rings (SSSR count). The number of esters is 1. The Labute approximate surface area is 187 Å². The Bertz CT molecular complexity index is 1260. The molecule has 0 spiro atoms. The first kappa shape index (κ1) is 21.2. The van der Waals surface area contributed by atoms with Gasteiger partial charge in [0.05, 0.1) is 13.7 Å². The monoisotopic (exact) mass is 424 g/mol. The number of methoxy groups -OCH3 is 1. The summed E-state index contributed by atoms with van der Waals surface area (Å²) in [6.07, 6.45) is 3.15. The first-order chi connectivity index (χ1) is 15.7. The fraction of sp³-hybridized carbons (Fsp3) is 0.107. The molecule has 0 saturated heterocycles. The maximum absolute atomic E-state index is 11.5. The van der Waals surface area contributed by atoms with Gasteiger partial charge in [0.2, 0.25) is 0 Å². The molecular weight excluding hydrogens is 400 g/mol. The molecule has 4 aromatic carbocycles. The van der Waals surface area contributed by atoms with Crippen LogP contribution >= 0.6 is 0 Å². The Morgan fingerprint density at radius 2 is 1.69 bits per heavy atom. The lowest BCUT2D eigenvalue weighted by Gasteiger charge is -2.15. The number of rotatable bonds is 7. The fourth-order valence-electron chi connectivity index (χ4n) is 3.49. The first-order valence-electron chi connectivity index (χ1n) is 10.5. The summed E-state index contributed by atoms with van der Waals surface area (Å²) in [6, 6.07) is 27.9. The third-order valence-corrected chi connectivity index (χ3v) is 5.06. The Balaban J connectivity index is 1.69. The van der Waals surface area contributed by atoms with Crippen molar-refractivity contribution in [3.05, 3.63) is 96.6 Å². The molecule has 0 aliphatic rings. The minimum absolute atomic E-state index is 0.355. The van der Waals surface area contributed by atoms with Crippen LogP contribution in [0.3, 0.4) is 0 Å². The summed E-state index contributed by atoms with van der Waals surface area (Å²) in [5, 5.41) is 2.13. The average Bonchev–Trinajstić information content (AvgIpc) is 2.84. The molecule has 0 unspecified atom stereocenters. The summed E-state index contributed by atoms with van der Waals surface area (Å²) in [5.74, 6) is 1.93. The molecule has 0 aromatic heterocycles. The summed E-state index contributed by atoms with van der Waals surface area (Å²) in [4.78, 5) is 11.5. The van der Waals surface area contributed by atoms with Gasteiger partial charge in [0, 0.05) is 17.0 Å². The maximum atomic E-state index is 11.5. The van der Waals surface area contributed by atoms with Crippen LogP contribution in [0.5, 0.6) is 17.2 Å². The lowest BCUT2D eigenvalue weighted by atomic mass is 9.99. The second-order valence-corrected chi connectivity index (χ2v) is 7.15. The molecule has 0 aliphatic heterocycles. The highest BCUT2D eigenvalue weighted by molar-refractivity contribution is 5.95. The minimum Gasteiger partial charge on any atom is -0.497 e. The van der Waals surface area contributed by atoms with Gasteiger partial charge >= 0.3 is 5.97 Å². The second kappa shape index (κ2) is 9.84. The number of hydrogen-bond donors (Lipinski definition) is 0. The molecule has 160 valence electrons. The topological polar surface area (TPSA) is 44.8 Å². The largest absolute Gasteiger partial charge is 0.497 e. The van der Waals surface area contributed by atoms with E-state index in [2.05, 4.69) is 24.3 Å². The summed E-state index contributed by atoms with van der Waals surface area (Å²) >= 11 is 0. The molecule has 0 amide bonds. The molecule has 0 N–H and O–H groups in total. The molecule has 0 radical (unpaired) electrons. The van der Waals surface area contributed by atoms with E-state index in [1.807, 2.05) is 60.7 Å². The van der Waals surface area contributed by atoms with Crippen molar-refractivity contribution in [2.75, 3.05) is 13.7 Å². The summed E-state index contributed by atoms with van der Waals surface area (Å²) in [5.41, 5.74) is 2.88. The van der Waals surface area contributed by atoms with Crippen LogP contribution < -0.4 is 9.47 Å². The van der Waals surface area contributed by atoms with Crippen LogP contribution in [0.25, 0.3) is 28.0 Å². The zero-order chi connectivity index (χ0) is 22.3. The Kier molecular flexibility index (Phi) is 6.52. The van der Waals surface area contributed by atoms with E-state index in [-0.39, 0.29) is 5.97 Å². The van der Waals surface area contributed by atoms with Crippen molar-refractivity contribution in [1.82, 2.24) is 0 Å². The molecule has 4 heteroatoms. The smallest absolute Gasteiger partial charge is 0.330 e. The van der Waals surface area contributed by atoms with E-state index < -0.39 is 0 Å². The number of carbonyl (C=O) groups excluding carboxylic acids is 1. The highest BCUT2D eigenvalue weighted by Gasteiger charge is 2.13. The van der Waals surface area contributed by atoms with E-state index in [4.69, 9.17) is 14.2 Å². The SMILES string of the molecule is CCOC(=O)C=Cc1ccc(Oc2c(-c3cccc(OC)c3)ccc3ccccc23)cc1. The van der Waals surface area contributed by atoms with Crippen LogP contribution in [0.15, 0.2) is 91.0 Å². The van der Waals surface area contributed by atoms with Crippen LogP contribution in [0.2, 0.25) is 0 Å². The summed E-state index contributed by atoms with van der Waals surface area (Å²) in [7, 11) is 1.66. The molecule has 0 aliphatic carbocycles. The summed E-state index contributed by atoms with van der Waals surface area (Å²) < 4.78 is 16.7. The number of carbonyl (C=O) groups is 1. The van der Waals surface area contributed by atoms with Gasteiger partial charge in [-0.1, -0.05) is 54.6 Å². The quantitative estimate of drug-likeness (QED) is 0.239. The molecule has 32 heavy (non-hydrogen) atoms. The number of ether oxygens (including phenoxy) is 3. The molecule has 0 atom stereocenters. The van der Waals surface area contributed by atoms with Gasteiger partial charge in [-0.25, -0.2) is 4.79 Å². The van der Waals surface area contributed by atoms with Crippen molar-refractivity contribution >= 4 is 22.8 Å². The van der Waals surface area contributed by atoms with Crippen molar-refractivity contribution in [1.29, 1.82) is 0 Å². The molecule has 4 aromatic rings. The minimum atomic E-state index is -0.355. The van der Waals surface area contributed by atoms with E-state index in [0.717, 1.165) is 39.0 Å².